The molecule has 0 aromatic carbocycles. The van der Waals surface area contributed by atoms with Crippen molar-refractivity contribution in [2.24, 2.45) is 5.41 Å². The predicted molar refractivity (Wildman–Crippen MR) is 80.6 cm³/mol. The summed E-state index contributed by atoms with van der Waals surface area (Å²) in [4.78, 5) is 24.9. The normalized spacial score (nSPS) is 22.8. The molecule has 0 atom stereocenters. The van der Waals surface area contributed by atoms with Gasteiger partial charge in [0.05, 0.1) is 6.42 Å². The summed E-state index contributed by atoms with van der Waals surface area (Å²) < 4.78 is 11.3. The Morgan fingerprint density at radius 2 is 1.76 bits per heavy atom. The third-order valence-electron chi connectivity index (χ3n) is 4.52. The van der Waals surface area contributed by atoms with Crippen molar-refractivity contribution < 1.29 is 18.9 Å². The number of amides is 2. The second kappa shape index (κ2) is 7.24. The molecule has 2 aliphatic rings. The van der Waals surface area contributed by atoms with Crippen molar-refractivity contribution in [3.05, 3.63) is 0 Å². The molecule has 0 bridgehead atoms. The Hall–Kier alpha value is -1.11. The maximum absolute atomic E-state index is 12.1. The molecule has 2 fully saturated rings. The summed E-state index contributed by atoms with van der Waals surface area (Å²) in [5.74, 6) is 0.279. The second-order valence-electron chi connectivity index (χ2n) is 6.13. The van der Waals surface area contributed by atoms with Gasteiger partial charge in [0.25, 0.3) is 0 Å². The molecular weight excluding hydrogens is 292 g/mol. The number of carboxylic acid groups (broad SMARTS) is 1. The van der Waals surface area contributed by atoms with Crippen LogP contribution in [0.1, 0.15) is 38.5 Å². The molecular formula is C14H24N2O4S. The van der Waals surface area contributed by atoms with Gasteiger partial charge in [-0.25, -0.2) is 4.79 Å². The molecule has 2 amide bonds. The van der Waals surface area contributed by atoms with Crippen LogP contribution in [0.4, 0.5) is 4.79 Å². The largest absolute Gasteiger partial charge is 0.481 e. The lowest BCUT2D eigenvalue weighted by molar-refractivity contribution is -0.140. The highest BCUT2D eigenvalue weighted by Crippen LogP contribution is 2.38. The van der Waals surface area contributed by atoms with Crippen LogP contribution >= 0.6 is 0 Å². The van der Waals surface area contributed by atoms with Crippen molar-refractivity contribution in [1.82, 2.24) is 10.2 Å². The number of rotatable bonds is 4. The lowest BCUT2D eigenvalue weighted by Gasteiger charge is -2.37. The lowest BCUT2D eigenvalue weighted by Crippen LogP contribution is -2.50. The molecule has 120 valence electrons. The average molecular weight is 316 g/mol. The van der Waals surface area contributed by atoms with Gasteiger partial charge in [0.1, 0.15) is 0 Å². The van der Waals surface area contributed by atoms with Crippen LogP contribution < -0.4 is 5.32 Å². The zero-order valence-electron chi connectivity index (χ0n) is 12.3. The Bertz CT molecular complexity index is 411. The average Bonchev–Trinajstić information content (AvgIpc) is 2.46. The summed E-state index contributed by atoms with van der Waals surface area (Å²) in [6.07, 6.45) is 5.06. The first-order valence-corrected chi connectivity index (χ1v) is 9.09. The zero-order valence-corrected chi connectivity index (χ0v) is 13.1. The number of hydrogen-bond donors (Lipinski definition) is 2. The molecule has 6 nitrogen and oxygen atoms in total. The first-order valence-electron chi connectivity index (χ1n) is 7.60. The van der Waals surface area contributed by atoms with Gasteiger partial charge in [0.15, 0.2) is 0 Å². The van der Waals surface area contributed by atoms with Crippen molar-refractivity contribution in [3.63, 3.8) is 0 Å². The monoisotopic (exact) mass is 316 g/mol. The Labute approximate surface area is 127 Å². The molecule has 0 aromatic rings. The maximum Gasteiger partial charge on any atom is 0.317 e. The molecule has 0 unspecified atom stereocenters. The number of urea groups is 1. The summed E-state index contributed by atoms with van der Waals surface area (Å²) in [5.41, 5.74) is -0.293. The molecule has 2 rings (SSSR count). The number of nitrogens with zero attached hydrogens (tertiary/aromatic N) is 1. The van der Waals surface area contributed by atoms with E-state index in [1.54, 1.807) is 4.90 Å². The number of nitrogens with one attached hydrogen (secondary N) is 1. The van der Waals surface area contributed by atoms with E-state index >= 15 is 0 Å². The van der Waals surface area contributed by atoms with Gasteiger partial charge in [0.2, 0.25) is 0 Å². The summed E-state index contributed by atoms with van der Waals surface area (Å²) in [6.45, 7) is 1.46. The topological polar surface area (TPSA) is 86.7 Å². The SMILES string of the molecule is O=C(O)CC1(CNC(=O)N2CCS(=O)CC2)CCCCC1. The van der Waals surface area contributed by atoms with Crippen LogP contribution in [0, 0.1) is 5.41 Å². The fourth-order valence-corrected chi connectivity index (χ4v) is 4.31. The molecule has 1 saturated heterocycles. The van der Waals surface area contributed by atoms with E-state index in [0.717, 1.165) is 32.1 Å². The van der Waals surface area contributed by atoms with E-state index < -0.39 is 16.8 Å². The minimum Gasteiger partial charge on any atom is -0.481 e. The van der Waals surface area contributed by atoms with Crippen molar-refractivity contribution in [1.29, 1.82) is 0 Å². The zero-order chi connectivity index (χ0) is 15.3. The molecule has 1 saturated carbocycles. The van der Waals surface area contributed by atoms with Crippen molar-refractivity contribution in [3.8, 4) is 0 Å². The van der Waals surface area contributed by atoms with Crippen LogP contribution in [-0.2, 0) is 15.6 Å². The van der Waals surface area contributed by atoms with Crippen molar-refractivity contribution in [2.75, 3.05) is 31.1 Å². The van der Waals surface area contributed by atoms with E-state index in [2.05, 4.69) is 5.32 Å². The van der Waals surface area contributed by atoms with E-state index in [4.69, 9.17) is 5.11 Å². The highest BCUT2D eigenvalue weighted by molar-refractivity contribution is 7.85. The summed E-state index contributed by atoms with van der Waals surface area (Å²) in [7, 11) is -0.801. The van der Waals surface area contributed by atoms with Crippen LogP contribution in [0.15, 0.2) is 0 Å². The summed E-state index contributed by atoms with van der Waals surface area (Å²) in [5, 5.41) is 12.0. The summed E-state index contributed by atoms with van der Waals surface area (Å²) >= 11 is 0. The van der Waals surface area contributed by atoms with Crippen molar-refractivity contribution in [2.45, 2.75) is 38.5 Å². The lowest BCUT2D eigenvalue weighted by atomic mass is 9.72. The predicted octanol–water partition coefficient (Wildman–Crippen LogP) is 1.19. The minimum atomic E-state index is -0.801. The Balaban J connectivity index is 1.87. The number of carbonyl (C=O) groups is 2. The van der Waals surface area contributed by atoms with Gasteiger partial charge < -0.3 is 15.3 Å². The Morgan fingerprint density at radius 1 is 1.14 bits per heavy atom. The minimum absolute atomic E-state index is 0.122. The van der Waals surface area contributed by atoms with E-state index in [1.165, 1.54) is 0 Å². The molecule has 0 spiro atoms. The quantitative estimate of drug-likeness (QED) is 0.815. The standard InChI is InChI=1S/C14H24N2O4S/c17-12(18)10-14(4-2-1-3-5-14)11-15-13(19)16-6-8-21(20)9-7-16/h1-11H2,(H,15,19)(H,17,18). The highest BCUT2D eigenvalue weighted by atomic mass is 32.2. The molecule has 2 N–H and O–H groups in total. The Morgan fingerprint density at radius 3 is 2.33 bits per heavy atom. The first-order chi connectivity index (χ1) is 10.0. The fraction of sp³-hybridized carbons (Fsp3) is 0.857. The molecule has 0 aromatic heterocycles. The van der Waals surface area contributed by atoms with Gasteiger partial charge in [-0.2, -0.15) is 0 Å². The molecule has 7 heteroatoms. The van der Waals surface area contributed by atoms with Gasteiger partial charge in [-0.1, -0.05) is 19.3 Å². The van der Waals surface area contributed by atoms with Crippen LogP contribution in [0.2, 0.25) is 0 Å². The summed E-state index contributed by atoms with van der Waals surface area (Å²) in [6, 6.07) is -0.151. The smallest absolute Gasteiger partial charge is 0.317 e. The van der Waals surface area contributed by atoms with Gasteiger partial charge >= 0.3 is 12.0 Å². The van der Waals surface area contributed by atoms with Crippen LogP contribution in [-0.4, -0.2) is 57.4 Å². The van der Waals surface area contributed by atoms with E-state index in [-0.39, 0.29) is 17.9 Å². The van der Waals surface area contributed by atoms with Crippen LogP contribution in [0.3, 0.4) is 0 Å². The van der Waals surface area contributed by atoms with Crippen molar-refractivity contribution >= 4 is 22.8 Å². The number of carboxylic acids is 1. The van der Waals surface area contributed by atoms with Gasteiger partial charge in [-0.15, -0.1) is 0 Å². The molecule has 0 radical (unpaired) electrons. The van der Waals surface area contributed by atoms with E-state index in [9.17, 15) is 13.8 Å². The van der Waals surface area contributed by atoms with Gasteiger partial charge in [-0.3, -0.25) is 9.00 Å². The molecule has 21 heavy (non-hydrogen) atoms. The molecule has 1 aliphatic carbocycles. The first kappa shape index (κ1) is 16.3. The van der Waals surface area contributed by atoms with Gasteiger partial charge in [0, 0.05) is 41.9 Å². The fourth-order valence-electron chi connectivity index (χ4n) is 3.25. The number of carbonyl (C=O) groups excluding carboxylic acids is 1. The number of aliphatic carboxylic acids is 1. The number of hydrogen-bond acceptors (Lipinski definition) is 3. The van der Waals surface area contributed by atoms with Crippen LogP contribution in [0.25, 0.3) is 0 Å². The highest BCUT2D eigenvalue weighted by Gasteiger charge is 2.35. The van der Waals surface area contributed by atoms with E-state index in [0.29, 0.717) is 31.1 Å². The van der Waals surface area contributed by atoms with E-state index in [1.807, 2.05) is 0 Å². The second-order valence-corrected chi connectivity index (χ2v) is 7.82. The molecule has 1 heterocycles. The van der Waals surface area contributed by atoms with Gasteiger partial charge in [-0.05, 0) is 18.3 Å². The third kappa shape index (κ3) is 4.69. The maximum atomic E-state index is 12.1. The Kier molecular flexibility index (Phi) is 5.61. The molecule has 1 aliphatic heterocycles. The third-order valence-corrected chi connectivity index (χ3v) is 5.80. The van der Waals surface area contributed by atoms with Crippen LogP contribution in [0.5, 0.6) is 0 Å².